The largest absolute Gasteiger partial charge is 0.459 e. The van der Waals surface area contributed by atoms with Crippen molar-refractivity contribution >= 4 is 23.3 Å². The quantitative estimate of drug-likeness (QED) is 0.228. The molecular formula is C24H17F3N4O11. The number of esters is 2. The number of carbonyl (C=O) groups excluding carboxylic acids is 2. The first-order valence-corrected chi connectivity index (χ1v) is 11.7. The first-order chi connectivity index (χ1) is 19.7. The van der Waals surface area contributed by atoms with Gasteiger partial charge in [0.15, 0.2) is 0 Å². The molecule has 2 heterocycles. The molecular weight excluding hydrogens is 577 g/mol. The van der Waals surface area contributed by atoms with Gasteiger partial charge in [0, 0.05) is 36.9 Å². The highest BCUT2D eigenvalue weighted by Crippen LogP contribution is 2.33. The van der Waals surface area contributed by atoms with Gasteiger partial charge in [-0.25, -0.2) is 14.4 Å². The smallest absolute Gasteiger partial charge is 0.423 e. The van der Waals surface area contributed by atoms with E-state index in [1.165, 1.54) is 0 Å². The summed E-state index contributed by atoms with van der Waals surface area (Å²) in [7, 11) is 0. The highest BCUT2D eigenvalue weighted by molar-refractivity contribution is 5.90. The predicted octanol–water partition coefficient (Wildman–Crippen LogP) is 2.74. The lowest BCUT2D eigenvalue weighted by atomic mass is 10.1. The Bertz CT molecular complexity index is 1650. The Balaban J connectivity index is 1.57. The average Bonchev–Trinajstić information content (AvgIpc) is 3.32. The van der Waals surface area contributed by atoms with Gasteiger partial charge in [-0.2, -0.15) is 13.2 Å². The first-order valence-electron chi connectivity index (χ1n) is 11.7. The number of H-pyrrole nitrogens is 1. The minimum atomic E-state index is -5.12. The topological polar surface area (TPSA) is 203 Å². The minimum Gasteiger partial charge on any atom is -0.459 e. The van der Waals surface area contributed by atoms with E-state index in [2.05, 4.69) is 0 Å². The van der Waals surface area contributed by atoms with Gasteiger partial charge in [-0.15, -0.1) is 0 Å². The van der Waals surface area contributed by atoms with Crippen LogP contribution in [-0.2, 0) is 20.4 Å². The molecule has 42 heavy (non-hydrogen) atoms. The fourth-order valence-corrected chi connectivity index (χ4v) is 3.93. The number of alkyl halides is 3. The van der Waals surface area contributed by atoms with Crippen LogP contribution in [0.2, 0.25) is 0 Å². The van der Waals surface area contributed by atoms with E-state index in [1.807, 2.05) is 0 Å². The summed E-state index contributed by atoms with van der Waals surface area (Å²) in [4.78, 5) is 71.1. The predicted molar refractivity (Wildman–Crippen MR) is 131 cm³/mol. The van der Waals surface area contributed by atoms with E-state index < -0.39 is 76.2 Å². The molecule has 220 valence electrons. The highest BCUT2D eigenvalue weighted by Gasteiger charge is 2.42. The first kappa shape index (κ1) is 29.6. The molecule has 3 aromatic rings. The van der Waals surface area contributed by atoms with Crippen LogP contribution in [0, 0.1) is 20.2 Å². The third-order valence-electron chi connectivity index (χ3n) is 6.03. The van der Waals surface area contributed by atoms with Gasteiger partial charge in [-0.1, -0.05) is 0 Å². The number of non-ortho nitro benzene ring substituents is 2. The molecule has 1 saturated heterocycles. The molecule has 4 rings (SSSR count). The van der Waals surface area contributed by atoms with Gasteiger partial charge in [0.25, 0.3) is 16.9 Å². The number of hydrogen-bond acceptors (Lipinski definition) is 11. The second kappa shape index (κ2) is 11.6. The number of aromatic nitrogens is 2. The summed E-state index contributed by atoms with van der Waals surface area (Å²) in [5.74, 6) is -1.99. The van der Waals surface area contributed by atoms with Gasteiger partial charge in [0.2, 0.25) is 0 Å². The summed E-state index contributed by atoms with van der Waals surface area (Å²) in [5.41, 5.74) is -5.48. The lowest BCUT2D eigenvalue weighted by Gasteiger charge is -2.19. The van der Waals surface area contributed by atoms with Crippen molar-refractivity contribution in [1.82, 2.24) is 9.55 Å². The van der Waals surface area contributed by atoms with Gasteiger partial charge >= 0.3 is 23.8 Å². The molecule has 1 aliphatic rings. The molecule has 0 radical (unpaired) electrons. The molecule has 0 amide bonds. The maximum Gasteiger partial charge on any atom is 0.423 e. The average molecular weight is 594 g/mol. The number of carbonyl (C=O) groups is 2. The number of aromatic amines is 1. The van der Waals surface area contributed by atoms with E-state index >= 15 is 0 Å². The zero-order valence-corrected chi connectivity index (χ0v) is 20.8. The van der Waals surface area contributed by atoms with Crippen molar-refractivity contribution in [2.45, 2.75) is 31.0 Å². The van der Waals surface area contributed by atoms with Crippen LogP contribution in [-0.4, -0.2) is 50.2 Å². The Hall–Kier alpha value is -5.39. The molecule has 1 aromatic heterocycles. The molecule has 3 unspecified atom stereocenters. The maximum atomic E-state index is 13.3. The molecule has 0 saturated carbocycles. The lowest BCUT2D eigenvalue weighted by Crippen LogP contribution is -2.36. The van der Waals surface area contributed by atoms with Gasteiger partial charge in [-0.05, 0) is 24.3 Å². The molecule has 1 N–H and O–H groups in total. The summed E-state index contributed by atoms with van der Waals surface area (Å²) in [6, 6.07) is 8.59. The van der Waals surface area contributed by atoms with Crippen LogP contribution in [0.3, 0.4) is 0 Å². The van der Waals surface area contributed by atoms with Crippen LogP contribution in [0.5, 0.6) is 0 Å². The van der Waals surface area contributed by atoms with Gasteiger partial charge in [0.05, 0.1) is 21.0 Å². The zero-order valence-electron chi connectivity index (χ0n) is 20.8. The van der Waals surface area contributed by atoms with Crippen molar-refractivity contribution in [2.75, 3.05) is 6.61 Å². The molecule has 1 fully saturated rings. The van der Waals surface area contributed by atoms with Crippen molar-refractivity contribution in [1.29, 1.82) is 0 Å². The zero-order chi connectivity index (χ0) is 30.8. The summed E-state index contributed by atoms with van der Waals surface area (Å²) in [6.07, 6.45) is -9.49. The highest BCUT2D eigenvalue weighted by atomic mass is 19.4. The molecule has 0 aliphatic carbocycles. The Morgan fingerprint density at radius 1 is 0.952 bits per heavy atom. The fourth-order valence-electron chi connectivity index (χ4n) is 3.93. The number of nitro benzene ring substituents is 2. The number of ether oxygens (including phenoxy) is 3. The van der Waals surface area contributed by atoms with E-state index in [0.29, 0.717) is 4.57 Å². The summed E-state index contributed by atoms with van der Waals surface area (Å²) in [6.45, 7) is -0.644. The number of nitrogens with one attached hydrogen (secondary N) is 1. The monoisotopic (exact) mass is 594 g/mol. The van der Waals surface area contributed by atoms with E-state index in [-0.39, 0.29) is 28.7 Å². The van der Waals surface area contributed by atoms with E-state index in [4.69, 9.17) is 14.2 Å². The van der Waals surface area contributed by atoms with E-state index in [0.717, 1.165) is 48.5 Å². The van der Waals surface area contributed by atoms with Crippen LogP contribution in [0.1, 0.15) is 38.9 Å². The van der Waals surface area contributed by atoms with Crippen LogP contribution in [0.25, 0.3) is 0 Å². The normalized spacial score (nSPS) is 18.3. The molecule has 18 heteroatoms. The van der Waals surface area contributed by atoms with Crippen molar-refractivity contribution in [3.05, 3.63) is 112 Å². The Morgan fingerprint density at radius 3 is 1.98 bits per heavy atom. The molecule has 0 spiro atoms. The SMILES string of the molecule is O=C(OCC1OC(n2cc(C(F)(F)F)c(=O)[nH]c2=O)CC1OC(=O)c1ccc([N+](=O)[O-])cc1)c1ccc([N+](=O)[O-])cc1. The van der Waals surface area contributed by atoms with Crippen molar-refractivity contribution in [3.63, 3.8) is 0 Å². The number of nitrogens with zero attached hydrogens (tertiary/aromatic N) is 3. The van der Waals surface area contributed by atoms with Crippen LogP contribution >= 0.6 is 0 Å². The number of nitro groups is 2. The second-order valence-electron chi connectivity index (χ2n) is 8.72. The minimum absolute atomic E-state index is 0.0961. The number of halogens is 3. The fraction of sp³-hybridized carbons (Fsp3) is 0.250. The molecule has 2 aromatic carbocycles. The van der Waals surface area contributed by atoms with Crippen molar-refractivity contribution in [3.8, 4) is 0 Å². The molecule has 0 bridgehead atoms. The standard InChI is InChI=1S/C24H17F3N4O11/c25-24(26,27)16-10-29(23(35)28-20(16)32)19-9-17(42-22(34)13-3-7-15(8-4-13)31(38)39)18(41-19)11-40-21(33)12-1-5-14(6-2-12)30(36)37/h1-8,10,17-19H,9,11H2,(H,28,32,35). The molecule has 15 nitrogen and oxygen atoms in total. The molecule has 3 atom stereocenters. The van der Waals surface area contributed by atoms with Crippen LogP contribution < -0.4 is 11.2 Å². The lowest BCUT2D eigenvalue weighted by molar-refractivity contribution is -0.385. The van der Waals surface area contributed by atoms with Crippen molar-refractivity contribution in [2.24, 2.45) is 0 Å². The van der Waals surface area contributed by atoms with Crippen LogP contribution in [0.15, 0.2) is 64.3 Å². The maximum absolute atomic E-state index is 13.3. The van der Waals surface area contributed by atoms with Crippen LogP contribution in [0.4, 0.5) is 24.5 Å². The number of rotatable bonds is 8. The van der Waals surface area contributed by atoms with Gasteiger partial charge in [-0.3, -0.25) is 34.6 Å². The van der Waals surface area contributed by atoms with Gasteiger partial charge < -0.3 is 14.2 Å². The second-order valence-corrected chi connectivity index (χ2v) is 8.72. The van der Waals surface area contributed by atoms with Gasteiger partial charge in [0.1, 0.15) is 30.6 Å². The Labute approximate surface area is 230 Å². The third-order valence-corrected chi connectivity index (χ3v) is 6.03. The Morgan fingerprint density at radius 2 is 1.48 bits per heavy atom. The number of benzene rings is 2. The molecule has 1 aliphatic heterocycles. The van der Waals surface area contributed by atoms with Crippen molar-refractivity contribution < 1.29 is 46.8 Å². The number of hydrogen-bond donors (Lipinski definition) is 1. The van der Waals surface area contributed by atoms with E-state index in [1.54, 1.807) is 4.98 Å². The Kier molecular flexibility index (Phi) is 8.18. The third kappa shape index (κ3) is 6.49. The summed E-state index contributed by atoms with van der Waals surface area (Å²) >= 11 is 0. The van der Waals surface area contributed by atoms with E-state index in [9.17, 15) is 52.6 Å². The summed E-state index contributed by atoms with van der Waals surface area (Å²) in [5, 5.41) is 21.7. The summed E-state index contributed by atoms with van der Waals surface area (Å²) < 4.78 is 56.5.